The van der Waals surface area contributed by atoms with Crippen LogP contribution < -0.4 is 10.2 Å². The Morgan fingerprint density at radius 2 is 1.85 bits per heavy atom. The Hall–Kier alpha value is -1.27. The minimum absolute atomic E-state index is 0.0405. The van der Waals surface area contributed by atoms with Gasteiger partial charge in [-0.2, -0.15) is 0 Å². The third-order valence-corrected chi connectivity index (χ3v) is 3.10. The van der Waals surface area contributed by atoms with Gasteiger partial charge in [0.25, 0.3) is 0 Å². The summed E-state index contributed by atoms with van der Waals surface area (Å²) in [6, 6.07) is 8.49. The molecule has 0 saturated heterocycles. The van der Waals surface area contributed by atoms with Crippen LogP contribution in [0, 0.1) is 5.82 Å². The normalized spacial score (nSPS) is 10.4. The molecule has 0 radical (unpaired) electrons. The Morgan fingerprint density at radius 3 is 2.50 bits per heavy atom. The van der Waals surface area contributed by atoms with Crippen molar-refractivity contribution in [1.82, 2.24) is 0 Å². The van der Waals surface area contributed by atoms with Crippen molar-refractivity contribution in [3.8, 4) is 5.75 Å². The quantitative estimate of drug-likeness (QED) is 0.852. The Morgan fingerprint density at radius 1 is 1.10 bits per heavy atom. The van der Waals surface area contributed by atoms with E-state index in [9.17, 15) is 4.39 Å². The van der Waals surface area contributed by atoms with Crippen LogP contribution in [0.1, 0.15) is 5.56 Å². The van der Waals surface area contributed by atoms with Crippen LogP contribution in [0.5, 0.6) is 5.75 Å². The SMILES string of the molecule is OB(O)c1cc(F)cc(COc2ccc(Cl)cc2Cl)c1. The number of rotatable bonds is 4. The fraction of sp³-hybridized carbons (Fsp3) is 0.0769. The molecular formula is C13H10BCl2FO3. The van der Waals surface area contributed by atoms with E-state index >= 15 is 0 Å². The molecule has 0 amide bonds. The van der Waals surface area contributed by atoms with Crippen LogP contribution in [-0.4, -0.2) is 17.2 Å². The maximum atomic E-state index is 13.3. The van der Waals surface area contributed by atoms with E-state index in [4.69, 9.17) is 38.0 Å². The van der Waals surface area contributed by atoms with Gasteiger partial charge in [0.15, 0.2) is 0 Å². The van der Waals surface area contributed by atoms with Gasteiger partial charge in [-0.25, -0.2) is 4.39 Å². The number of hydrogen-bond acceptors (Lipinski definition) is 3. The molecule has 0 bridgehead atoms. The van der Waals surface area contributed by atoms with Crippen LogP contribution >= 0.6 is 23.2 Å². The van der Waals surface area contributed by atoms with Crippen molar-refractivity contribution in [2.75, 3.05) is 0 Å². The maximum absolute atomic E-state index is 13.3. The molecule has 2 aromatic carbocycles. The average molecular weight is 315 g/mol. The lowest BCUT2D eigenvalue weighted by Gasteiger charge is -2.10. The Kier molecular flexibility index (Phi) is 4.88. The summed E-state index contributed by atoms with van der Waals surface area (Å²) < 4.78 is 18.8. The van der Waals surface area contributed by atoms with Gasteiger partial charge in [-0.05, 0) is 41.4 Å². The molecule has 104 valence electrons. The molecule has 0 aromatic heterocycles. The summed E-state index contributed by atoms with van der Waals surface area (Å²) >= 11 is 11.7. The average Bonchev–Trinajstić information content (AvgIpc) is 2.37. The zero-order valence-corrected chi connectivity index (χ0v) is 11.7. The fourth-order valence-corrected chi connectivity index (χ4v) is 2.12. The van der Waals surface area contributed by atoms with Crippen LogP contribution in [0.3, 0.4) is 0 Å². The van der Waals surface area contributed by atoms with Crippen molar-refractivity contribution in [2.45, 2.75) is 6.61 Å². The molecule has 0 aliphatic rings. The molecule has 2 N–H and O–H groups in total. The molecule has 0 spiro atoms. The van der Waals surface area contributed by atoms with E-state index in [-0.39, 0.29) is 12.1 Å². The molecule has 2 aromatic rings. The minimum atomic E-state index is -1.73. The highest BCUT2D eigenvalue weighted by Crippen LogP contribution is 2.28. The standard InChI is InChI=1S/C13H10BCl2FO3/c15-10-1-2-13(12(16)6-10)20-7-8-3-9(14(18)19)5-11(17)4-8/h1-6,18-19H,7H2. The lowest BCUT2D eigenvalue weighted by molar-refractivity contribution is 0.306. The van der Waals surface area contributed by atoms with Gasteiger partial charge in [0.05, 0.1) is 5.02 Å². The smallest absolute Gasteiger partial charge is 0.487 e. The molecule has 0 aliphatic carbocycles. The predicted molar refractivity (Wildman–Crippen MR) is 77.0 cm³/mol. The zero-order valence-electron chi connectivity index (χ0n) is 10.2. The molecule has 0 fully saturated rings. The summed E-state index contributed by atoms with van der Waals surface area (Å²) in [5.41, 5.74) is 0.518. The minimum Gasteiger partial charge on any atom is -0.487 e. The van der Waals surface area contributed by atoms with E-state index in [1.54, 1.807) is 12.1 Å². The predicted octanol–water partition coefficient (Wildman–Crippen LogP) is 2.39. The number of ether oxygens (including phenoxy) is 1. The first-order chi connectivity index (χ1) is 9.45. The third-order valence-electron chi connectivity index (χ3n) is 2.57. The van der Waals surface area contributed by atoms with Gasteiger partial charge < -0.3 is 14.8 Å². The monoisotopic (exact) mass is 314 g/mol. The first-order valence-corrected chi connectivity index (χ1v) is 6.44. The highest BCUT2D eigenvalue weighted by atomic mass is 35.5. The van der Waals surface area contributed by atoms with Crippen LogP contribution in [0.4, 0.5) is 4.39 Å². The van der Waals surface area contributed by atoms with E-state index < -0.39 is 12.9 Å². The summed E-state index contributed by atoms with van der Waals surface area (Å²) in [6.07, 6.45) is 0. The van der Waals surface area contributed by atoms with Crippen molar-refractivity contribution in [2.24, 2.45) is 0 Å². The first kappa shape index (κ1) is 15.1. The lowest BCUT2D eigenvalue weighted by atomic mass is 9.79. The van der Waals surface area contributed by atoms with Gasteiger partial charge in [0.1, 0.15) is 18.2 Å². The molecule has 0 unspecified atom stereocenters. The van der Waals surface area contributed by atoms with Gasteiger partial charge in [-0.3, -0.25) is 0 Å². The van der Waals surface area contributed by atoms with Crippen molar-refractivity contribution >= 4 is 35.8 Å². The second-order valence-corrected chi connectivity index (χ2v) is 4.97. The van der Waals surface area contributed by atoms with Crippen LogP contribution in [0.2, 0.25) is 10.0 Å². The molecule has 0 aliphatic heterocycles. The van der Waals surface area contributed by atoms with Crippen LogP contribution in [0.25, 0.3) is 0 Å². The Bertz CT molecular complexity index is 623. The molecule has 0 saturated carbocycles. The van der Waals surface area contributed by atoms with Crippen LogP contribution in [0.15, 0.2) is 36.4 Å². The van der Waals surface area contributed by atoms with Gasteiger partial charge in [-0.15, -0.1) is 0 Å². The highest BCUT2D eigenvalue weighted by Gasteiger charge is 2.13. The molecule has 0 atom stereocenters. The summed E-state index contributed by atoms with van der Waals surface area (Å²) in [5.74, 6) is -0.164. The molecular weight excluding hydrogens is 305 g/mol. The van der Waals surface area contributed by atoms with Crippen molar-refractivity contribution in [1.29, 1.82) is 0 Å². The van der Waals surface area contributed by atoms with Gasteiger partial charge >= 0.3 is 7.12 Å². The maximum Gasteiger partial charge on any atom is 0.488 e. The van der Waals surface area contributed by atoms with E-state index in [0.717, 1.165) is 6.07 Å². The van der Waals surface area contributed by atoms with Crippen molar-refractivity contribution in [3.63, 3.8) is 0 Å². The fourth-order valence-electron chi connectivity index (χ4n) is 1.66. The zero-order chi connectivity index (χ0) is 14.7. The highest BCUT2D eigenvalue weighted by molar-refractivity contribution is 6.58. The summed E-state index contributed by atoms with van der Waals surface area (Å²) in [7, 11) is -1.73. The van der Waals surface area contributed by atoms with E-state index in [2.05, 4.69) is 0 Å². The van der Waals surface area contributed by atoms with Gasteiger partial charge in [-0.1, -0.05) is 29.3 Å². The Labute approximate surface area is 125 Å². The second-order valence-electron chi connectivity index (χ2n) is 4.13. The lowest BCUT2D eigenvalue weighted by Crippen LogP contribution is -2.30. The molecule has 7 heteroatoms. The summed E-state index contributed by atoms with van der Waals surface area (Å²) in [5, 5.41) is 18.9. The van der Waals surface area contributed by atoms with Crippen molar-refractivity contribution in [3.05, 3.63) is 57.8 Å². The number of benzene rings is 2. The van der Waals surface area contributed by atoms with E-state index in [0.29, 0.717) is 21.4 Å². The molecule has 2 rings (SSSR count). The van der Waals surface area contributed by atoms with Crippen LogP contribution in [-0.2, 0) is 6.61 Å². The van der Waals surface area contributed by atoms with Gasteiger partial charge in [0, 0.05) is 5.02 Å². The van der Waals surface area contributed by atoms with Crippen molar-refractivity contribution < 1.29 is 19.2 Å². The third kappa shape index (κ3) is 3.87. The molecule has 20 heavy (non-hydrogen) atoms. The molecule has 3 nitrogen and oxygen atoms in total. The first-order valence-electron chi connectivity index (χ1n) is 5.69. The summed E-state index contributed by atoms with van der Waals surface area (Å²) in [6.45, 7) is 0.0405. The van der Waals surface area contributed by atoms with E-state index in [1.807, 2.05) is 0 Å². The Balaban J connectivity index is 2.14. The second kappa shape index (κ2) is 6.46. The summed E-state index contributed by atoms with van der Waals surface area (Å²) in [4.78, 5) is 0. The topological polar surface area (TPSA) is 49.7 Å². The largest absolute Gasteiger partial charge is 0.488 e. The molecule has 0 heterocycles. The number of hydrogen-bond donors (Lipinski definition) is 2. The number of halogens is 3. The van der Waals surface area contributed by atoms with E-state index in [1.165, 1.54) is 18.2 Å². The van der Waals surface area contributed by atoms with Gasteiger partial charge in [0.2, 0.25) is 0 Å².